The fraction of sp³-hybridized carbons (Fsp3) is 0.625. The molecule has 0 spiro atoms. The second-order valence-corrected chi connectivity index (χ2v) is 5.99. The first-order chi connectivity index (χ1) is 7.21. The molecule has 0 N–H and O–H groups in total. The van der Waals surface area contributed by atoms with Gasteiger partial charge in [0.05, 0.1) is 0 Å². The van der Waals surface area contributed by atoms with Crippen molar-refractivity contribution in [1.29, 1.82) is 0 Å². The van der Waals surface area contributed by atoms with E-state index >= 15 is 0 Å². The van der Waals surface area contributed by atoms with Gasteiger partial charge >= 0.3 is 0 Å². The van der Waals surface area contributed by atoms with Crippen LogP contribution in [0.2, 0.25) is 0 Å². The zero-order valence-electron chi connectivity index (χ0n) is 12.6. The van der Waals surface area contributed by atoms with Gasteiger partial charge in [0.25, 0.3) is 0 Å². The van der Waals surface area contributed by atoms with Crippen LogP contribution < -0.4 is 0 Å². The van der Waals surface area contributed by atoms with E-state index in [0.717, 1.165) is 0 Å². The number of hydrogen-bond donors (Lipinski definition) is 0. The summed E-state index contributed by atoms with van der Waals surface area (Å²) in [6.45, 7) is 17.4. The van der Waals surface area contributed by atoms with Crippen molar-refractivity contribution in [3.05, 3.63) is 35.4 Å². The van der Waals surface area contributed by atoms with Gasteiger partial charge in [-0.2, -0.15) is 35.4 Å². The van der Waals surface area contributed by atoms with Gasteiger partial charge in [0, 0.05) is 21.1 Å². The molecule has 0 bridgehead atoms. The SMILES string of the molecule is CC.CC(C)(C)c1[c-]ccc(C(C)(C)C)c1.[W]. The largest absolute Gasteiger partial charge is 0.180 e. The first-order valence-electron chi connectivity index (χ1n) is 6.24. The average Bonchev–Trinajstić information content (AvgIpc) is 2.18. The fourth-order valence-corrected chi connectivity index (χ4v) is 1.37. The second-order valence-electron chi connectivity index (χ2n) is 5.99. The van der Waals surface area contributed by atoms with Crippen LogP contribution in [0.25, 0.3) is 0 Å². The van der Waals surface area contributed by atoms with E-state index in [2.05, 4.69) is 59.7 Å². The Labute approximate surface area is 122 Å². The molecular formula is C16H27W-. The van der Waals surface area contributed by atoms with E-state index in [9.17, 15) is 0 Å². The molecule has 98 valence electrons. The molecular weight excluding hydrogens is 376 g/mol. The maximum atomic E-state index is 3.32. The quantitative estimate of drug-likeness (QED) is 0.529. The molecule has 1 rings (SSSR count). The predicted octanol–water partition coefficient (Wildman–Crippen LogP) is 5.11. The first-order valence-corrected chi connectivity index (χ1v) is 6.24. The van der Waals surface area contributed by atoms with E-state index in [4.69, 9.17) is 0 Å². The van der Waals surface area contributed by atoms with Crippen molar-refractivity contribution >= 4 is 0 Å². The smallest absolute Gasteiger partial charge is 0 e. The van der Waals surface area contributed by atoms with Gasteiger partial charge in [0.2, 0.25) is 0 Å². The Balaban J connectivity index is 0. The van der Waals surface area contributed by atoms with Gasteiger partial charge in [-0.3, -0.25) is 0 Å². The van der Waals surface area contributed by atoms with E-state index in [1.54, 1.807) is 0 Å². The van der Waals surface area contributed by atoms with Crippen molar-refractivity contribution in [2.45, 2.75) is 66.2 Å². The minimum Gasteiger partial charge on any atom is -0.180 e. The summed E-state index contributed by atoms with van der Waals surface area (Å²) in [7, 11) is 0. The van der Waals surface area contributed by atoms with Gasteiger partial charge < -0.3 is 0 Å². The van der Waals surface area contributed by atoms with Crippen LogP contribution in [-0.4, -0.2) is 0 Å². The third-order valence-corrected chi connectivity index (χ3v) is 2.48. The van der Waals surface area contributed by atoms with Gasteiger partial charge in [-0.05, 0) is 10.8 Å². The molecule has 0 fully saturated rings. The first kappa shape index (κ1) is 19.3. The summed E-state index contributed by atoms with van der Waals surface area (Å²) in [4.78, 5) is 0. The number of rotatable bonds is 0. The molecule has 1 heteroatoms. The Morgan fingerprint density at radius 3 is 1.71 bits per heavy atom. The average molecular weight is 403 g/mol. The van der Waals surface area contributed by atoms with Crippen LogP contribution in [-0.2, 0) is 31.9 Å². The van der Waals surface area contributed by atoms with Gasteiger partial charge in [-0.15, -0.1) is 0 Å². The molecule has 0 saturated carbocycles. The van der Waals surface area contributed by atoms with Crippen LogP contribution >= 0.6 is 0 Å². The fourth-order valence-electron chi connectivity index (χ4n) is 1.37. The van der Waals surface area contributed by atoms with Crippen molar-refractivity contribution in [3.63, 3.8) is 0 Å². The van der Waals surface area contributed by atoms with E-state index in [1.807, 2.05) is 19.9 Å². The molecule has 0 atom stereocenters. The molecule has 0 amide bonds. The van der Waals surface area contributed by atoms with Crippen LogP contribution in [0.4, 0.5) is 0 Å². The van der Waals surface area contributed by atoms with E-state index in [1.165, 1.54) is 11.1 Å². The summed E-state index contributed by atoms with van der Waals surface area (Å²) in [5.74, 6) is 0. The molecule has 0 aliphatic rings. The van der Waals surface area contributed by atoms with E-state index < -0.39 is 0 Å². The maximum absolute atomic E-state index is 3.32. The Hall–Kier alpha value is -0.0917. The van der Waals surface area contributed by atoms with Crippen LogP contribution in [0, 0.1) is 6.07 Å². The van der Waals surface area contributed by atoms with Crippen molar-refractivity contribution < 1.29 is 21.1 Å². The van der Waals surface area contributed by atoms with E-state index in [0.29, 0.717) is 0 Å². The molecule has 17 heavy (non-hydrogen) atoms. The van der Waals surface area contributed by atoms with Gasteiger partial charge in [-0.1, -0.05) is 55.4 Å². The van der Waals surface area contributed by atoms with E-state index in [-0.39, 0.29) is 31.9 Å². The Morgan fingerprint density at radius 1 is 0.882 bits per heavy atom. The molecule has 0 radical (unpaired) electrons. The minimum absolute atomic E-state index is 0. The summed E-state index contributed by atoms with van der Waals surface area (Å²) in [6.07, 6.45) is 0. The molecule has 0 heterocycles. The minimum atomic E-state index is 0. The van der Waals surface area contributed by atoms with Crippen LogP contribution in [0.1, 0.15) is 66.5 Å². The van der Waals surface area contributed by atoms with Crippen molar-refractivity contribution in [2.75, 3.05) is 0 Å². The zero-order valence-corrected chi connectivity index (χ0v) is 15.6. The third kappa shape index (κ3) is 6.41. The molecule has 0 aliphatic heterocycles. The summed E-state index contributed by atoms with van der Waals surface area (Å²) in [5, 5.41) is 0. The van der Waals surface area contributed by atoms with Gasteiger partial charge in [0.1, 0.15) is 0 Å². The monoisotopic (exact) mass is 403 g/mol. The summed E-state index contributed by atoms with van der Waals surface area (Å²) in [6, 6.07) is 9.80. The topological polar surface area (TPSA) is 0 Å². The van der Waals surface area contributed by atoms with Gasteiger partial charge in [-0.25, -0.2) is 0 Å². The summed E-state index contributed by atoms with van der Waals surface area (Å²) < 4.78 is 0. The molecule has 0 aliphatic carbocycles. The standard InChI is InChI=1S/C14H21.C2H6.W/c1-13(2,3)11-8-7-9-12(10-11)14(4,5)6;1-2;/h7-8,10H,1-6H3;1-2H3;/q-1;;. The molecule has 0 saturated heterocycles. The molecule has 0 nitrogen and oxygen atoms in total. The molecule has 0 unspecified atom stereocenters. The summed E-state index contributed by atoms with van der Waals surface area (Å²) in [5.41, 5.74) is 3.11. The summed E-state index contributed by atoms with van der Waals surface area (Å²) >= 11 is 0. The Bertz CT molecular complexity index is 284. The normalized spacial score (nSPS) is 11.1. The molecule has 0 aromatic heterocycles. The van der Waals surface area contributed by atoms with Gasteiger partial charge in [0.15, 0.2) is 0 Å². The zero-order chi connectivity index (χ0) is 13.0. The van der Waals surface area contributed by atoms with Crippen LogP contribution in [0.5, 0.6) is 0 Å². The third-order valence-electron chi connectivity index (χ3n) is 2.48. The van der Waals surface area contributed by atoms with Crippen molar-refractivity contribution in [3.8, 4) is 0 Å². The van der Waals surface area contributed by atoms with Crippen LogP contribution in [0.15, 0.2) is 18.2 Å². The van der Waals surface area contributed by atoms with Crippen molar-refractivity contribution in [1.82, 2.24) is 0 Å². The Morgan fingerprint density at radius 2 is 1.35 bits per heavy atom. The second kappa shape index (κ2) is 7.37. The molecule has 1 aromatic carbocycles. The van der Waals surface area contributed by atoms with Crippen molar-refractivity contribution in [2.24, 2.45) is 0 Å². The maximum Gasteiger partial charge on any atom is 0 e. The van der Waals surface area contributed by atoms with Crippen LogP contribution in [0.3, 0.4) is 0 Å². The number of benzene rings is 1. The predicted molar refractivity (Wildman–Crippen MR) is 74.0 cm³/mol. The number of hydrogen-bond acceptors (Lipinski definition) is 0. The Kier molecular flexibility index (Phi) is 8.34. The molecule has 1 aromatic rings.